The van der Waals surface area contributed by atoms with Gasteiger partial charge in [0.15, 0.2) is 0 Å². The molecule has 4 nitrogen and oxygen atoms in total. The van der Waals surface area contributed by atoms with Crippen LogP contribution >= 0.6 is 0 Å². The number of alkyl halides is 3. The van der Waals surface area contributed by atoms with Gasteiger partial charge in [0.05, 0.1) is 22.5 Å². The summed E-state index contributed by atoms with van der Waals surface area (Å²) >= 11 is 0. The van der Waals surface area contributed by atoms with Crippen LogP contribution in [0, 0.1) is 5.92 Å². The fourth-order valence-corrected chi connectivity index (χ4v) is 4.23. The first-order valence-corrected chi connectivity index (χ1v) is 10.1. The maximum atomic E-state index is 13.1. The maximum Gasteiger partial charge on any atom is 0.416 e. The summed E-state index contributed by atoms with van der Waals surface area (Å²) in [6, 6.07) is 3.27. The van der Waals surface area contributed by atoms with Gasteiger partial charge in [-0.3, -0.25) is 14.3 Å². The quantitative estimate of drug-likeness (QED) is 0.714. The molecule has 0 radical (unpaired) electrons. The van der Waals surface area contributed by atoms with Gasteiger partial charge in [0.2, 0.25) is 0 Å². The highest BCUT2D eigenvalue weighted by atomic mass is 19.4. The number of fused-ring (bicyclic) bond motifs is 1. The molecule has 2 heterocycles. The van der Waals surface area contributed by atoms with Crippen LogP contribution < -0.4 is 5.56 Å². The highest BCUT2D eigenvalue weighted by molar-refractivity contribution is 5.78. The van der Waals surface area contributed by atoms with E-state index < -0.39 is 11.7 Å². The van der Waals surface area contributed by atoms with E-state index in [0.717, 1.165) is 44.5 Å². The van der Waals surface area contributed by atoms with Gasteiger partial charge in [-0.2, -0.15) is 13.2 Å². The Balaban J connectivity index is 2.14. The predicted molar refractivity (Wildman–Crippen MR) is 104 cm³/mol. The van der Waals surface area contributed by atoms with E-state index in [2.05, 4.69) is 18.7 Å². The third kappa shape index (κ3) is 4.09. The van der Waals surface area contributed by atoms with Crippen molar-refractivity contribution in [3.8, 4) is 0 Å². The van der Waals surface area contributed by atoms with E-state index in [1.807, 2.05) is 6.92 Å². The summed E-state index contributed by atoms with van der Waals surface area (Å²) in [5.74, 6) is 1.26. The molecule has 154 valence electrons. The summed E-state index contributed by atoms with van der Waals surface area (Å²) in [7, 11) is 0. The number of rotatable bonds is 5. The van der Waals surface area contributed by atoms with Crippen LogP contribution in [0.2, 0.25) is 0 Å². The molecule has 3 rings (SSSR count). The number of hydrogen-bond acceptors (Lipinski definition) is 3. The molecule has 0 amide bonds. The molecule has 2 atom stereocenters. The maximum absolute atomic E-state index is 13.1. The third-order valence-corrected chi connectivity index (χ3v) is 5.62. The van der Waals surface area contributed by atoms with Crippen LogP contribution in [0.3, 0.4) is 0 Å². The van der Waals surface area contributed by atoms with Crippen molar-refractivity contribution >= 4 is 10.9 Å². The van der Waals surface area contributed by atoms with Crippen LogP contribution in [0.15, 0.2) is 23.0 Å². The molecule has 0 bridgehead atoms. The Kier molecular flexibility index (Phi) is 6.12. The molecular weight excluding hydrogens is 367 g/mol. The summed E-state index contributed by atoms with van der Waals surface area (Å²) in [4.78, 5) is 20.1. The molecule has 0 unspecified atom stereocenters. The summed E-state index contributed by atoms with van der Waals surface area (Å²) < 4.78 is 40.8. The highest BCUT2D eigenvalue weighted by Crippen LogP contribution is 2.32. The minimum atomic E-state index is -4.48. The molecule has 1 aliphatic rings. The van der Waals surface area contributed by atoms with Crippen LogP contribution in [0.5, 0.6) is 0 Å². The van der Waals surface area contributed by atoms with Crippen molar-refractivity contribution in [2.24, 2.45) is 5.92 Å². The monoisotopic (exact) mass is 395 g/mol. The Morgan fingerprint density at radius 2 is 2.04 bits per heavy atom. The molecule has 1 saturated heterocycles. The van der Waals surface area contributed by atoms with Gasteiger partial charge in [0.1, 0.15) is 5.82 Å². The molecule has 1 aromatic carbocycles. The number of aromatic nitrogens is 2. The molecule has 1 aromatic heterocycles. The number of likely N-dealkylation sites (tertiary alicyclic amines) is 1. The van der Waals surface area contributed by atoms with Crippen molar-refractivity contribution < 1.29 is 13.2 Å². The average molecular weight is 395 g/mol. The fourth-order valence-electron chi connectivity index (χ4n) is 4.23. The Labute approximate surface area is 163 Å². The summed E-state index contributed by atoms with van der Waals surface area (Å²) in [5, 5.41) is 0.0303. The van der Waals surface area contributed by atoms with Gasteiger partial charge in [-0.15, -0.1) is 0 Å². The van der Waals surface area contributed by atoms with Gasteiger partial charge in [-0.1, -0.05) is 20.3 Å². The Hall–Kier alpha value is -1.89. The lowest BCUT2D eigenvalue weighted by Gasteiger charge is -2.37. The molecule has 0 N–H and O–H groups in total. The van der Waals surface area contributed by atoms with Gasteiger partial charge in [0, 0.05) is 13.1 Å². The second kappa shape index (κ2) is 8.23. The number of halogens is 3. The van der Waals surface area contributed by atoms with Crippen LogP contribution in [0.1, 0.15) is 63.9 Å². The summed E-state index contributed by atoms with van der Waals surface area (Å²) in [5.41, 5.74) is -0.868. The molecule has 0 saturated carbocycles. The topological polar surface area (TPSA) is 38.1 Å². The first kappa shape index (κ1) is 20.8. The minimum Gasteiger partial charge on any atom is -0.295 e. The van der Waals surface area contributed by atoms with Crippen molar-refractivity contribution in [3.63, 3.8) is 0 Å². The van der Waals surface area contributed by atoms with Crippen molar-refractivity contribution in [1.82, 2.24) is 14.5 Å². The van der Waals surface area contributed by atoms with E-state index in [9.17, 15) is 18.0 Å². The first-order chi connectivity index (χ1) is 13.3. The largest absolute Gasteiger partial charge is 0.416 e. The number of benzene rings is 1. The molecule has 28 heavy (non-hydrogen) atoms. The number of nitrogens with zero attached hydrogens (tertiary/aromatic N) is 3. The molecule has 2 aromatic rings. The van der Waals surface area contributed by atoms with Gasteiger partial charge in [-0.25, -0.2) is 4.98 Å². The van der Waals surface area contributed by atoms with Gasteiger partial charge >= 0.3 is 6.18 Å². The minimum absolute atomic E-state index is 0.00657. The van der Waals surface area contributed by atoms with Crippen molar-refractivity contribution in [2.45, 2.75) is 65.2 Å². The van der Waals surface area contributed by atoms with E-state index in [0.29, 0.717) is 23.8 Å². The zero-order valence-corrected chi connectivity index (χ0v) is 16.7. The van der Waals surface area contributed by atoms with E-state index in [-0.39, 0.29) is 17.0 Å². The van der Waals surface area contributed by atoms with Gasteiger partial charge in [-0.05, 0) is 56.8 Å². The average Bonchev–Trinajstić information content (AvgIpc) is 2.65. The Morgan fingerprint density at radius 1 is 1.29 bits per heavy atom. The van der Waals surface area contributed by atoms with Crippen molar-refractivity contribution in [3.05, 3.63) is 39.9 Å². The third-order valence-electron chi connectivity index (χ3n) is 5.62. The SMILES string of the molecule is CCC[C@H](c1nc2ccc(C(F)(F)F)cc2c(=O)n1CC)N1CCC[C@@H](C)C1. The van der Waals surface area contributed by atoms with E-state index in [4.69, 9.17) is 4.98 Å². The van der Waals surface area contributed by atoms with E-state index in [1.165, 1.54) is 12.5 Å². The second-order valence-corrected chi connectivity index (χ2v) is 7.80. The molecule has 7 heteroatoms. The normalized spacial score (nSPS) is 19.9. The lowest BCUT2D eigenvalue weighted by atomic mass is 9.97. The van der Waals surface area contributed by atoms with Crippen LogP contribution in [-0.4, -0.2) is 27.5 Å². The number of hydrogen-bond donors (Lipinski definition) is 0. The zero-order chi connectivity index (χ0) is 20.5. The smallest absolute Gasteiger partial charge is 0.295 e. The number of piperidine rings is 1. The zero-order valence-electron chi connectivity index (χ0n) is 16.7. The summed E-state index contributed by atoms with van der Waals surface area (Å²) in [6.45, 7) is 8.47. The van der Waals surface area contributed by atoms with Gasteiger partial charge in [0.25, 0.3) is 5.56 Å². The van der Waals surface area contributed by atoms with Crippen molar-refractivity contribution in [1.29, 1.82) is 0 Å². The fraction of sp³-hybridized carbons (Fsp3) is 0.619. The highest BCUT2D eigenvalue weighted by Gasteiger charge is 2.32. The second-order valence-electron chi connectivity index (χ2n) is 7.80. The summed E-state index contributed by atoms with van der Waals surface area (Å²) in [6.07, 6.45) is -0.363. The molecule has 0 aliphatic carbocycles. The van der Waals surface area contributed by atoms with E-state index in [1.54, 1.807) is 4.57 Å². The molecule has 1 aliphatic heterocycles. The predicted octanol–water partition coefficient (Wildman–Crippen LogP) is 5.01. The lowest BCUT2D eigenvalue weighted by molar-refractivity contribution is -0.137. The Morgan fingerprint density at radius 3 is 2.64 bits per heavy atom. The lowest BCUT2D eigenvalue weighted by Crippen LogP contribution is -2.40. The standard InChI is InChI=1S/C21H28F3N3O/c1-4-7-18(26-11-6-8-14(3)13-26)19-25-17-10-9-15(21(22,23)24)12-16(17)20(28)27(19)5-2/h9-10,12,14,18H,4-8,11,13H2,1-3H3/t14-,18-/m1/s1. The molecule has 0 spiro atoms. The van der Waals surface area contributed by atoms with Crippen LogP contribution in [0.25, 0.3) is 10.9 Å². The van der Waals surface area contributed by atoms with Crippen LogP contribution in [0.4, 0.5) is 13.2 Å². The molecular formula is C21H28F3N3O. The Bertz CT molecular complexity index is 891. The van der Waals surface area contributed by atoms with Gasteiger partial charge < -0.3 is 0 Å². The van der Waals surface area contributed by atoms with Crippen molar-refractivity contribution in [2.75, 3.05) is 13.1 Å². The molecule has 1 fully saturated rings. The first-order valence-electron chi connectivity index (χ1n) is 10.1. The van der Waals surface area contributed by atoms with Crippen LogP contribution in [-0.2, 0) is 12.7 Å². The van der Waals surface area contributed by atoms with E-state index >= 15 is 0 Å².